The second-order valence-corrected chi connectivity index (χ2v) is 5.18. The summed E-state index contributed by atoms with van der Waals surface area (Å²) < 4.78 is 1.74. The van der Waals surface area contributed by atoms with Crippen molar-refractivity contribution in [2.24, 2.45) is 12.5 Å². The molecule has 20 heavy (non-hydrogen) atoms. The van der Waals surface area contributed by atoms with Crippen LogP contribution >= 0.6 is 0 Å². The highest BCUT2D eigenvalue weighted by molar-refractivity contribution is 5.85. The third-order valence-corrected chi connectivity index (χ3v) is 3.44. The first kappa shape index (κ1) is 16.2. The molecule has 1 aromatic heterocycles. The predicted molar refractivity (Wildman–Crippen MR) is 77.8 cm³/mol. The minimum absolute atomic E-state index is 0.139. The second kappa shape index (κ2) is 7.68. The molecule has 0 fully saturated rings. The van der Waals surface area contributed by atoms with Crippen LogP contribution in [-0.2, 0) is 18.3 Å². The predicted octanol–water partition coefficient (Wildman–Crippen LogP) is 2.19. The first-order valence-corrected chi connectivity index (χ1v) is 7.26. The first-order valence-electron chi connectivity index (χ1n) is 7.26. The number of nitrogens with zero attached hydrogens (tertiary/aromatic N) is 3. The molecule has 0 radical (unpaired) electrons. The minimum atomic E-state index is -0.867. The molecule has 1 aromatic rings. The number of rotatable bonds is 8. The van der Waals surface area contributed by atoms with Crippen molar-refractivity contribution in [3.05, 3.63) is 18.0 Å². The molecule has 1 amide bonds. The fourth-order valence-electron chi connectivity index (χ4n) is 2.44. The van der Waals surface area contributed by atoms with E-state index in [0.717, 1.165) is 18.5 Å². The van der Waals surface area contributed by atoms with Gasteiger partial charge in [-0.1, -0.05) is 26.7 Å². The van der Waals surface area contributed by atoms with Gasteiger partial charge < -0.3 is 5.32 Å². The third kappa shape index (κ3) is 4.09. The Morgan fingerprint density at radius 2 is 2.10 bits per heavy atom. The summed E-state index contributed by atoms with van der Waals surface area (Å²) in [6.07, 6.45) is 5.47. The summed E-state index contributed by atoms with van der Waals surface area (Å²) in [4.78, 5) is 12.3. The molecule has 1 rings (SSSR count). The Kier molecular flexibility index (Phi) is 6.23. The van der Waals surface area contributed by atoms with Crippen molar-refractivity contribution in [2.75, 3.05) is 6.54 Å². The zero-order chi connectivity index (χ0) is 15.0. The zero-order valence-electron chi connectivity index (χ0n) is 12.6. The van der Waals surface area contributed by atoms with E-state index in [4.69, 9.17) is 0 Å². The van der Waals surface area contributed by atoms with Crippen molar-refractivity contribution in [3.8, 4) is 6.07 Å². The van der Waals surface area contributed by atoms with Crippen molar-refractivity contribution in [3.63, 3.8) is 0 Å². The SMILES string of the molecule is CCCC(C#N)(CCC)C(=O)NCCc1ccn(C)n1. The van der Waals surface area contributed by atoms with Gasteiger partial charge in [0.1, 0.15) is 5.41 Å². The largest absolute Gasteiger partial charge is 0.354 e. The molecule has 0 unspecified atom stereocenters. The number of carbonyl (C=O) groups excluding carboxylic acids is 1. The van der Waals surface area contributed by atoms with E-state index in [9.17, 15) is 10.1 Å². The number of hydrogen-bond donors (Lipinski definition) is 1. The molecule has 0 saturated carbocycles. The monoisotopic (exact) mass is 276 g/mol. The van der Waals surface area contributed by atoms with Crippen LogP contribution in [-0.4, -0.2) is 22.2 Å². The maximum atomic E-state index is 12.3. The van der Waals surface area contributed by atoms with Crippen LogP contribution in [0.25, 0.3) is 0 Å². The molecule has 5 nitrogen and oxygen atoms in total. The topological polar surface area (TPSA) is 70.7 Å². The van der Waals surface area contributed by atoms with Crippen molar-refractivity contribution < 1.29 is 4.79 Å². The molecule has 0 aromatic carbocycles. The van der Waals surface area contributed by atoms with E-state index in [1.165, 1.54) is 0 Å². The summed E-state index contributed by atoms with van der Waals surface area (Å²) in [5, 5.41) is 16.6. The normalized spacial score (nSPS) is 11.1. The number of hydrogen-bond acceptors (Lipinski definition) is 3. The molecule has 0 aliphatic rings. The first-order chi connectivity index (χ1) is 9.57. The van der Waals surface area contributed by atoms with E-state index in [1.54, 1.807) is 4.68 Å². The second-order valence-electron chi connectivity index (χ2n) is 5.18. The van der Waals surface area contributed by atoms with Crippen LogP contribution < -0.4 is 5.32 Å². The van der Waals surface area contributed by atoms with Gasteiger partial charge in [-0.3, -0.25) is 9.48 Å². The lowest BCUT2D eigenvalue weighted by Crippen LogP contribution is -2.41. The lowest BCUT2D eigenvalue weighted by Gasteiger charge is -2.24. The molecule has 0 spiro atoms. The Labute approximate surface area is 121 Å². The Hall–Kier alpha value is -1.83. The molecule has 110 valence electrons. The molecule has 5 heteroatoms. The average Bonchev–Trinajstić information content (AvgIpc) is 2.84. The zero-order valence-corrected chi connectivity index (χ0v) is 12.6. The summed E-state index contributed by atoms with van der Waals surface area (Å²) in [7, 11) is 1.87. The van der Waals surface area contributed by atoms with Crippen molar-refractivity contribution in [1.29, 1.82) is 5.26 Å². The van der Waals surface area contributed by atoms with Gasteiger partial charge in [0.2, 0.25) is 5.91 Å². The maximum absolute atomic E-state index is 12.3. The maximum Gasteiger partial charge on any atom is 0.240 e. The molecule has 0 aliphatic carbocycles. The number of aromatic nitrogens is 2. The van der Waals surface area contributed by atoms with Gasteiger partial charge in [-0.2, -0.15) is 10.4 Å². The van der Waals surface area contributed by atoms with Crippen molar-refractivity contribution in [1.82, 2.24) is 15.1 Å². The molecule has 0 saturated heterocycles. The van der Waals surface area contributed by atoms with Gasteiger partial charge in [-0.05, 0) is 18.9 Å². The van der Waals surface area contributed by atoms with Gasteiger partial charge >= 0.3 is 0 Å². The summed E-state index contributed by atoms with van der Waals surface area (Å²) in [5.74, 6) is -0.139. The number of nitriles is 1. The van der Waals surface area contributed by atoms with Gasteiger partial charge in [-0.15, -0.1) is 0 Å². The highest BCUT2D eigenvalue weighted by Crippen LogP contribution is 2.29. The molecule has 1 heterocycles. The van der Waals surface area contributed by atoms with E-state index in [2.05, 4.69) is 16.5 Å². The van der Waals surface area contributed by atoms with Crippen LogP contribution in [0.4, 0.5) is 0 Å². The third-order valence-electron chi connectivity index (χ3n) is 3.44. The Morgan fingerprint density at radius 3 is 2.55 bits per heavy atom. The fourth-order valence-corrected chi connectivity index (χ4v) is 2.44. The Balaban J connectivity index is 2.56. The van der Waals surface area contributed by atoms with Crippen LogP contribution in [0, 0.1) is 16.7 Å². The number of carbonyl (C=O) groups is 1. The van der Waals surface area contributed by atoms with Crippen LogP contribution in [0.3, 0.4) is 0 Å². The van der Waals surface area contributed by atoms with E-state index in [-0.39, 0.29) is 5.91 Å². The fraction of sp³-hybridized carbons (Fsp3) is 0.667. The van der Waals surface area contributed by atoms with Gasteiger partial charge in [0.25, 0.3) is 0 Å². The van der Waals surface area contributed by atoms with Gasteiger partial charge in [-0.25, -0.2) is 0 Å². The highest BCUT2D eigenvalue weighted by Gasteiger charge is 2.36. The lowest BCUT2D eigenvalue weighted by molar-refractivity contribution is -0.128. The van der Waals surface area contributed by atoms with E-state index in [1.807, 2.05) is 33.2 Å². The molecular formula is C15H24N4O. The Morgan fingerprint density at radius 1 is 1.45 bits per heavy atom. The summed E-state index contributed by atoms with van der Waals surface area (Å²) in [5.41, 5.74) is 0.0782. The number of aryl methyl sites for hydroxylation is 1. The van der Waals surface area contributed by atoms with E-state index < -0.39 is 5.41 Å². The number of nitrogens with one attached hydrogen (secondary N) is 1. The molecule has 0 bridgehead atoms. The van der Waals surface area contributed by atoms with E-state index >= 15 is 0 Å². The van der Waals surface area contributed by atoms with Crippen LogP contribution in [0.1, 0.15) is 45.2 Å². The van der Waals surface area contributed by atoms with Crippen LogP contribution in [0.2, 0.25) is 0 Å². The quantitative estimate of drug-likeness (QED) is 0.791. The summed E-state index contributed by atoms with van der Waals surface area (Å²) in [6.45, 7) is 4.53. The van der Waals surface area contributed by atoms with E-state index in [0.29, 0.717) is 25.8 Å². The standard InChI is InChI=1S/C15H24N4O/c1-4-8-15(12-16,9-5-2)14(20)17-10-6-13-7-11-19(3)18-13/h7,11H,4-6,8-10H2,1-3H3,(H,17,20). The van der Waals surface area contributed by atoms with Gasteiger partial charge in [0.05, 0.1) is 11.8 Å². The molecule has 0 aliphatic heterocycles. The lowest BCUT2D eigenvalue weighted by atomic mass is 9.80. The Bertz CT molecular complexity index is 466. The van der Waals surface area contributed by atoms with Gasteiger partial charge in [0, 0.05) is 26.2 Å². The smallest absolute Gasteiger partial charge is 0.240 e. The minimum Gasteiger partial charge on any atom is -0.354 e. The molecular weight excluding hydrogens is 252 g/mol. The average molecular weight is 276 g/mol. The molecule has 0 atom stereocenters. The summed E-state index contributed by atoms with van der Waals surface area (Å²) in [6, 6.07) is 4.17. The molecule has 1 N–H and O–H groups in total. The highest BCUT2D eigenvalue weighted by atomic mass is 16.2. The van der Waals surface area contributed by atoms with Gasteiger partial charge in [0.15, 0.2) is 0 Å². The number of amides is 1. The van der Waals surface area contributed by atoms with Crippen LogP contribution in [0.15, 0.2) is 12.3 Å². The van der Waals surface area contributed by atoms with Crippen LogP contribution in [0.5, 0.6) is 0 Å². The van der Waals surface area contributed by atoms with Crippen molar-refractivity contribution >= 4 is 5.91 Å². The van der Waals surface area contributed by atoms with Crippen molar-refractivity contribution in [2.45, 2.75) is 46.0 Å². The summed E-state index contributed by atoms with van der Waals surface area (Å²) >= 11 is 0.